The summed E-state index contributed by atoms with van der Waals surface area (Å²) in [5, 5.41) is 10.2. The summed E-state index contributed by atoms with van der Waals surface area (Å²) < 4.78 is 64.4. The fourth-order valence-corrected chi connectivity index (χ4v) is 7.03. The number of aliphatic hydroxyl groups is 1. The van der Waals surface area contributed by atoms with Gasteiger partial charge in [-0.2, -0.15) is 0 Å². The van der Waals surface area contributed by atoms with Crippen molar-refractivity contribution in [1.82, 2.24) is 0 Å². The number of aliphatic hydroxyl groups excluding tert-OH is 1. The number of alkyl halides is 1. The topological polar surface area (TPSA) is 88.5 Å². The van der Waals surface area contributed by atoms with Crippen molar-refractivity contribution >= 4 is 19.7 Å². The van der Waals surface area contributed by atoms with Crippen LogP contribution < -0.4 is 0 Å². The van der Waals surface area contributed by atoms with Crippen LogP contribution in [-0.4, -0.2) is 32.4 Å². The second kappa shape index (κ2) is 8.50. The molecule has 2 aromatic carbocycles. The third-order valence-corrected chi connectivity index (χ3v) is 9.32. The molecular formula is C19H23FO5S2. The van der Waals surface area contributed by atoms with Crippen molar-refractivity contribution in [2.45, 2.75) is 52.8 Å². The highest BCUT2D eigenvalue weighted by molar-refractivity contribution is 8.10. The summed E-state index contributed by atoms with van der Waals surface area (Å²) in [6.45, 7) is 1.86. The van der Waals surface area contributed by atoms with Gasteiger partial charge in [-0.15, -0.1) is 0 Å². The molecule has 1 unspecified atom stereocenters. The molecule has 0 fully saturated rings. The third-order valence-electron chi connectivity index (χ3n) is 4.28. The predicted octanol–water partition coefficient (Wildman–Crippen LogP) is 3.50. The minimum atomic E-state index is -4.94. The summed E-state index contributed by atoms with van der Waals surface area (Å²) >= 11 is 0. The number of hydrogen-bond acceptors (Lipinski definition) is 5. The molecule has 2 rings (SSSR count). The van der Waals surface area contributed by atoms with E-state index >= 15 is 4.39 Å². The van der Waals surface area contributed by atoms with E-state index in [-0.39, 0.29) is 6.42 Å². The molecule has 0 aliphatic heterocycles. The molecule has 0 aliphatic rings. The Kier molecular flexibility index (Phi) is 6.77. The molecule has 0 radical (unpaired) electrons. The first-order valence-electron chi connectivity index (χ1n) is 8.63. The number of sulfone groups is 2. The molecular weight excluding hydrogens is 391 g/mol. The second-order valence-corrected chi connectivity index (χ2v) is 10.8. The highest BCUT2D eigenvalue weighted by Crippen LogP contribution is 2.41. The zero-order valence-electron chi connectivity index (χ0n) is 15.0. The van der Waals surface area contributed by atoms with Crippen LogP contribution in [0.4, 0.5) is 4.39 Å². The molecule has 0 amide bonds. The van der Waals surface area contributed by atoms with Gasteiger partial charge in [0.05, 0.1) is 15.9 Å². The molecule has 0 aromatic heterocycles. The smallest absolute Gasteiger partial charge is 0.320 e. The van der Waals surface area contributed by atoms with Gasteiger partial charge < -0.3 is 5.11 Å². The maximum Gasteiger partial charge on any atom is 0.320 e. The van der Waals surface area contributed by atoms with Gasteiger partial charge in [-0.3, -0.25) is 0 Å². The van der Waals surface area contributed by atoms with Crippen LogP contribution >= 0.6 is 0 Å². The van der Waals surface area contributed by atoms with E-state index in [4.69, 9.17) is 0 Å². The van der Waals surface area contributed by atoms with E-state index in [1.54, 1.807) is 12.1 Å². The molecule has 27 heavy (non-hydrogen) atoms. The lowest BCUT2D eigenvalue weighted by Gasteiger charge is -2.27. The zero-order valence-corrected chi connectivity index (χ0v) is 16.6. The minimum Gasteiger partial charge on any atom is -0.393 e. The maximum atomic E-state index is 16.1. The van der Waals surface area contributed by atoms with Gasteiger partial charge in [0.25, 0.3) is 0 Å². The van der Waals surface area contributed by atoms with Gasteiger partial charge in [0, 0.05) is 6.42 Å². The molecule has 0 aliphatic carbocycles. The lowest BCUT2D eigenvalue weighted by Crippen LogP contribution is -2.45. The maximum absolute atomic E-state index is 16.1. The highest BCUT2D eigenvalue weighted by atomic mass is 32.3. The van der Waals surface area contributed by atoms with Crippen LogP contribution in [0.1, 0.15) is 32.6 Å². The summed E-state index contributed by atoms with van der Waals surface area (Å²) in [4.78, 5) is -0.899. The molecule has 1 N–H and O–H groups in total. The van der Waals surface area contributed by atoms with Crippen molar-refractivity contribution in [1.29, 1.82) is 0 Å². The fraction of sp³-hybridized carbons (Fsp3) is 0.368. The third kappa shape index (κ3) is 4.23. The first-order valence-corrected chi connectivity index (χ1v) is 11.6. The van der Waals surface area contributed by atoms with Gasteiger partial charge in [0.1, 0.15) is 0 Å². The van der Waals surface area contributed by atoms with Crippen LogP contribution in [0.2, 0.25) is 0 Å². The van der Waals surface area contributed by atoms with Crippen molar-refractivity contribution < 1.29 is 26.3 Å². The average Bonchev–Trinajstić information content (AvgIpc) is 2.67. The summed E-state index contributed by atoms with van der Waals surface area (Å²) in [5.41, 5.74) is 0. The molecule has 1 atom stereocenters. The van der Waals surface area contributed by atoms with Crippen molar-refractivity contribution in [3.63, 3.8) is 0 Å². The summed E-state index contributed by atoms with van der Waals surface area (Å²) in [6.07, 6.45) is -1.13. The largest absolute Gasteiger partial charge is 0.393 e. The van der Waals surface area contributed by atoms with Crippen molar-refractivity contribution in [2.24, 2.45) is 0 Å². The van der Waals surface area contributed by atoms with Crippen LogP contribution in [0, 0.1) is 0 Å². The van der Waals surface area contributed by atoms with E-state index in [0.717, 1.165) is 24.3 Å². The van der Waals surface area contributed by atoms with E-state index < -0.39 is 46.3 Å². The zero-order chi connectivity index (χ0) is 20.1. The van der Waals surface area contributed by atoms with Gasteiger partial charge in [-0.25, -0.2) is 21.2 Å². The van der Waals surface area contributed by atoms with Gasteiger partial charge in [-0.05, 0) is 30.7 Å². The van der Waals surface area contributed by atoms with E-state index in [1.165, 1.54) is 24.3 Å². The Balaban J connectivity index is 2.62. The Bertz CT molecular complexity index is 873. The second-order valence-electron chi connectivity index (χ2n) is 6.29. The van der Waals surface area contributed by atoms with Crippen molar-refractivity contribution in [2.75, 3.05) is 0 Å². The first-order chi connectivity index (χ1) is 12.7. The minimum absolute atomic E-state index is 0.108. The monoisotopic (exact) mass is 414 g/mol. The lowest BCUT2D eigenvalue weighted by molar-refractivity contribution is 0.123. The Morgan fingerprint density at radius 3 is 1.67 bits per heavy atom. The molecule has 0 heterocycles. The van der Waals surface area contributed by atoms with Crippen LogP contribution in [0.3, 0.4) is 0 Å². The van der Waals surface area contributed by atoms with Gasteiger partial charge in [0.15, 0.2) is 0 Å². The number of hydrogen-bond donors (Lipinski definition) is 1. The van der Waals surface area contributed by atoms with Crippen LogP contribution in [0.5, 0.6) is 0 Å². The van der Waals surface area contributed by atoms with Crippen molar-refractivity contribution in [3.05, 3.63) is 60.7 Å². The Labute approximate surface area is 159 Å². The summed E-state index contributed by atoms with van der Waals surface area (Å²) in [5.74, 6) is 0. The van der Waals surface area contributed by atoms with E-state index in [9.17, 15) is 21.9 Å². The van der Waals surface area contributed by atoms with Gasteiger partial charge in [-0.1, -0.05) is 56.2 Å². The Morgan fingerprint density at radius 1 is 0.889 bits per heavy atom. The molecule has 8 heteroatoms. The summed E-state index contributed by atoms with van der Waals surface area (Å²) in [7, 11) is -9.88. The highest BCUT2D eigenvalue weighted by Gasteiger charge is 2.58. The normalized spacial score (nSPS) is 14.0. The van der Waals surface area contributed by atoms with E-state index in [2.05, 4.69) is 0 Å². The first kappa shape index (κ1) is 21.5. The standard InChI is InChI=1S/C19H23FO5S2/c1-2-3-10-16(21)15-19(20,26(22,23)17-11-6-4-7-12-17)27(24,25)18-13-8-5-9-14-18/h4-9,11-14,16,21H,2-3,10,15H2,1H3. The van der Waals surface area contributed by atoms with Gasteiger partial charge >= 0.3 is 4.33 Å². The number of rotatable bonds is 9. The van der Waals surface area contributed by atoms with Gasteiger partial charge in [0.2, 0.25) is 19.7 Å². The van der Waals surface area contributed by atoms with E-state index in [0.29, 0.717) is 12.8 Å². The van der Waals surface area contributed by atoms with Crippen LogP contribution in [0.25, 0.3) is 0 Å². The molecule has 148 valence electrons. The Morgan fingerprint density at radius 2 is 1.30 bits per heavy atom. The summed E-state index contributed by atoms with van der Waals surface area (Å²) in [6, 6.07) is 13.2. The molecule has 0 saturated carbocycles. The van der Waals surface area contributed by atoms with Crippen LogP contribution in [-0.2, 0) is 19.7 Å². The molecule has 5 nitrogen and oxygen atoms in total. The molecule has 0 bridgehead atoms. The van der Waals surface area contributed by atoms with E-state index in [1.807, 2.05) is 6.92 Å². The fourth-order valence-electron chi connectivity index (χ4n) is 2.74. The molecule has 0 saturated heterocycles. The SMILES string of the molecule is CCCCC(O)CC(F)(S(=O)(=O)c1ccccc1)S(=O)(=O)c1ccccc1. The number of halogens is 1. The number of benzene rings is 2. The van der Waals surface area contributed by atoms with Crippen molar-refractivity contribution in [3.8, 4) is 0 Å². The molecule has 0 spiro atoms. The van der Waals surface area contributed by atoms with Crippen LogP contribution in [0.15, 0.2) is 70.5 Å². The predicted molar refractivity (Wildman–Crippen MR) is 101 cm³/mol. The Hall–Kier alpha value is -1.77. The number of unbranched alkanes of at least 4 members (excludes halogenated alkanes) is 1. The molecule has 2 aromatic rings. The lowest BCUT2D eigenvalue weighted by atomic mass is 10.1. The average molecular weight is 415 g/mol. The quantitative estimate of drug-likeness (QED) is 0.678.